The summed E-state index contributed by atoms with van der Waals surface area (Å²) in [5.41, 5.74) is 10.7. The molecule has 0 fully saturated rings. The van der Waals surface area contributed by atoms with Crippen LogP contribution in [0.1, 0.15) is 11.1 Å². The van der Waals surface area contributed by atoms with Crippen molar-refractivity contribution in [2.75, 3.05) is 5.73 Å². The number of rotatable bonds is 3. The first-order valence-corrected chi connectivity index (χ1v) is 8.34. The van der Waals surface area contributed by atoms with Crippen LogP contribution in [0.15, 0.2) is 59.5 Å². The molecule has 0 aliphatic heterocycles. The fraction of sp³-hybridized carbons (Fsp3) is 0. The number of nitro benzene ring substituents is 1. The van der Waals surface area contributed by atoms with E-state index in [0.717, 1.165) is 16.7 Å². The van der Waals surface area contributed by atoms with Crippen LogP contribution in [-0.2, 0) is 44.8 Å². The van der Waals surface area contributed by atoms with Crippen LogP contribution in [0, 0.1) is 34.8 Å². The zero-order chi connectivity index (χ0) is 19.6. The predicted molar refractivity (Wildman–Crippen MR) is 112 cm³/mol. The summed E-state index contributed by atoms with van der Waals surface area (Å²) < 4.78 is 0. The Labute approximate surface area is 205 Å². The van der Waals surface area contributed by atoms with E-state index < -0.39 is 4.92 Å². The van der Waals surface area contributed by atoms with Crippen LogP contribution in [0.2, 0.25) is 0 Å². The molecule has 0 atom stereocenters. The number of non-ortho nitro benzene ring substituents is 1. The Morgan fingerprint density at radius 3 is 2.00 bits per heavy atom. The predicted octanol–water partition coefficient (Wildman–Crippen LogP) is 4.76. The van der Waals surface area contributed by atoms with Gasteiger partial charge in [-0.25, -0.2) is 0 Å². The Morgan fingerprint density at radius 1 is 0.897 bits per heavy atom. The van der Waals surface area contributed by atoms with E-state index in [0.29, 0.717) is 27.3 Å². The van der Waals surface area contributed by atoms with Crippen molar-refractivity contribution in [2.24, 2.45) is 0 Å². The Morgan fingerprint density at radius 2 is 1.48 bits per heavy atom. The van der Waals surface area contributed by atoms with E-state index in [-0.39, 0.29) is 50.4 Å². The summed E-state index contributed by atoms with van der Waals surface area (Å²) >= 11 is 4.50. The Kier molecular flexibility index (Phi) is 9.04. The number of anilines is 1. The molecule has 29 heavy (non-hydrogen) atoms. The Hall–Kier alpha value is -2.19. The van der Waals surface area contributed by atoms with E-state index in [4.69, 9.17) is 18.6 Å². The summed E-state index contributed by atoms with van der Waals surface area (Å²) in [6.07, 6.45) is 10.8. The molecule has 0 bridgehead atoms. The molecule has 152 valence electrons. The fourth-order valence-corrected chi connectivity index (χ4v) is 3.25. The van der Waals surface area contributed by atoms with Gasteiger partial charge in [-0.3, -0.25) is 10.1 Å². The van der Waals surface area contributed by atoms with Gasteiger partial charge in [-0.05, 0) is 35.4 Å². The van der Waals surface area contributed by atoms with Gasteiger partial charge in [0.15, 0.2) is 0 Å². The summed E-state index contributed by atoms with van der Waals surface area (Å²) in [6.45, 7) is 0. The van der Waals surface area contributed by atoms with E-state index in [9.17, 15) is 10.1 Å². The Balaban J connectivity index is 0.00000210. The number of terminal acetylenes is 2. The van der Waals surface area contributed by atoms with Crippen molar-refractivity contribution in [2.45, 2.75) is 4.90 Å². The first-order chi connectivity index (χ1) is 12.9. The first-order valence-electron chi connectivity index (χ1n) is 7.89. The summed E-state index contributed by atoms with van der Waals surface area (Å²) in [5, 5.41) is 11.3. The standard InChI is InChI=1S/C22H14N2O2S.2Au/c1-3-14-5-8-16(9-6-14)22-19(12-17(24(25)26)13-21(22)27)18-10-7-15(4-2)11-20(18)23;;/h1-2,5-13,27H,23H2;;. The largest absolute Gasteiger partial charge is 0.398 e. The van der Waals surface area contributed by atoms with Crippen LogP contribution < -0.4 is 5.73 Å². The van der Waals surface area contributed by atoms with Crippen LogP contribution in [-0.4, -0.2) is 4.92 Å². The normalized spacial score (nSPS) is 9.34. The third-order valence-corrected chi connectivity index (χ3v) is 4.51. The van der Waals surface area contributed by atoms with Crippen molar-refractivity contribution < 1.29 is 49.7 Å². The molecule has 7 heteroatoms. The molecular formula is C22H14Au2N2O2S. The second-order valence-corrected chi connectivity index (χ2v) is 6.29. The van der Waals surface area contributed by atoms with Gasteiger partial charge in [-0.2, -0.15) is 0 Å². The van der Waals surface area contributed by atoms with Gasteiger partial charge in [0.05, 0.1) is 4.92 Å². The van der Waals surface area contributed by atoms with E-state index in [1.54, 1.807) is 30.3 Å². The second kappa shape index (κ2) is 10.5. The molecule has 3 aromatic carbocycles. The molecule has 0 amide bonds. The van der Waals surface area contributed by atoms with Crippen molar-refractivity contribution in [3.8, 4) is 46.9 Å². The average Bonchev–Trinajstić information content (AvgIpc) is 2.67. The third-order valence-electron chi connectivity index (χ3n) is 4.16. The van der Waals surface area contributed by atoms with Crippen LogP contribution in [0.3, 0.4) is 0 Å². The third kappa shape index (κ3) is 5.25. The SMILES string of the molecule is C#Cc1ccc(-c2c(S)cc([N+](=O)[O-])cc2-c2ccc(C#C)cc2N)cc1.[Au].[Au]. The van der Waals surface area contributed by atoms with Gasteiger partial charge in [-0.15, -0.1) is 25.5 Å². The molecule has 0 saturated heterocycles. The molecule has 0 heterocycles. The number of nitro groups is 1. The number of hydrogen-bond donors (Lipinski definition) is 2. The van der Waals surface area contributed by atoms with Gasteiger partial charge in [0.2, 0.25) is 0 Å². The molecule has 0 spiro atoms. The molecular weight excluding hydrogens is 750 g/mol. The van der Waals surface area contributed by atoms with Gasteiger partial charge >= 0.3 is 0 Å². The van der Waals surface area contributed by atoms with E-state index >= 15 is 0 Å². The number of nitrogen functional groups attached to an aromatic ring is 1. The molecule has 4 nitrogen and oxygen atoms in total. The molecule has 3 rings (SSSR count). The molecule has 0 aliphatic rings. The fourth-order valence-electron chi connectivity index (χ4n) is 2.86. The summed E-state index contributed by atoms with van der Waals surface area (Å²) in [7, 11) is 0. The van der Waals surface area contributed by atoms with E-state index in [1.165, 1.54) is 12.1 Å². The number of nitrogens with zero attached hydrogens (tertiary/aromatic N) is 1. The molecule has 0 aromatic heterocycles. The number of benzene rings is 3. The maximum atomic E-state index is 11.3. The van der Waals surface area contributed by atoms with Crippen LogP contribution >= 0.6 is 12.6 Å². The van der Waals surface area contributed by atoms with Crippen molar-refractivity contribution in [1.29, 1.82) is 0 Å². The van der Waals surface area contributed by atoms with Gasteiger partial charge in [0.25, 0.3) is 5.69 Å². The van der Waals surface area contributed by atoms with Crippen molar-refractivity contribution in [3.05, 3.63) is 75.8 Å². The van der Waals surface area contributed by atoms with Gasteiger partial charge in [0.1, 0.15) is 0 Å². The van der Waals surface area contributed by atoms with Gasteiger partial charge in [-0.1, -0.05) is 30.0 Å². The molecule has 0 saturated carbocycles. The maximum Gasteiger partial charge on any atom is 0.271 e. The van der Waals surface area contributed by atoms with Gasteiger partial charge < -0.3 is 5.73 Å². The van der Waals surface area contributed by atoms with Crippen LogP contribution in [0.4, 0.5) is 11.4 Å². The quantitative estimate of drug-likeness (QED) is 0.101. The minimum Gasteiger partial charge on any atom is -0.398 e. The summed E-state index contributed by atoms with van der Waals surface area (Å²) in [4.78, 5) is 11.4. The van der Waals surface area contributed by atoms with Crippen molar-refractivity contribution >= 4 is 24.0 Å². The smallest absolute Gasteiger partial charge is 0.271 e. The number of hydrogen-bond acceptors (Lipinski definition) is 4. The van der Waals surface area contributed by atoms with E-state index in [2.05, 4.69) is 24.5 Å². The minimum atomic E-state index is -0.458. The topological polar surface area (TPSA) is 69.2 Å². The van der Waals surface area contributed by atoms with E-state index in [1.807, 2.05) is 12.1 Å². The minimum absolute atomic E-state index is 0. The maximum absolute atomic E-state index is 11.3. The van der Waals surface area contributed by atoms with Crippen molar-refractivity contribution in [3.63, 3.8) is 0 Å². The monoisotopic (exact) mass is 764 g/mol. The molecule has 3 aromatic rings. The number of thiol groups is 1. The molecule has 0 unspecified atom stereocenters. The first kappa shape index (κ1) is 24.8. The average molecular weight is 764 g/mol. The summed E-state index contributed by atoms with van der Waals surface area (Å²) in [6, 6.07) is 15.4. The second-order valence-electron chi connectivity index (χ2n) is 5.81. The zero-order valence-corrected chi connectivity index (χ0v) is 20.0. The van der Waals surface area contributed by atoms with Crippen LogP contribution in [0.5, 0.6) is 0 Å². The summed E-state index contributed by atoms with van der Waals surface area (Å²) in [5.74, 6) is 5.09. The molecule has 2 N–H and O–H groups in total. The Bertz CT molecular complexity index is 1150. The number of nitrogens with two attached hydrogens (primary N) is 1. The van der Waals surface area contributed by atoms with Crippen molar-refractivity contribution in [1.82, 2.24) is 0 Å². The zero-order valence-electron chi connectivity index (χ0n) is 14.7. The van der Waals surface area contributed by atoms with Crippen LogP contribution in [0.25, 0.3) is 22.3 Å². The molecule has 0 aliphatic carbocycles. The molecule has 2 radical (unpaired) electrons. The van der Waals surface area contributed by atoms with Gasteiger partial charge in [0, 0.05) is 89.7 Å².